The number of benzene rings is 3. The predicted octanol–water partition coefficient (Wildman–Crippen LogP) is 5.51. The second kappa shape index (κ2) is 14.8. The van der Waals surface area contributed by atoms with Gasteiger partial charge in [0.05, 0.1) is 7.11 Å². The van der Waals surface area contributed by atoms with Gasteiger partial charge in [0.15, 0.2) is 5.56 Å². The summed E-state index contributed by atoms with van der Waals surface area (Å²) in [6.45, 7) is 10.0. The van der Waals surface area contributed by atoms with Crippen molar-refractivity contribution < 1.29 is 19.3 Å². The third-order valence-electron chi connectivity index (χ3n) is 7.63. The summed E-state index contributed by atoms with van der Waals surface area (Å²) in [5.41, 5.74) is 4.44. The van der Waals surface area contributed by atoms with Crippen LogP contribution in [0.3, 0.4) is 0 Å². The molecule has 1 aliphatic heterocycles. The number of hydrogen-bond acceptors (Lipinski definition) is 10. The van der Waals surface area contributed by atoms with E-state index in [4.69, 9.17) is 14.5 Å². The fraction of sp³-hybridized carbons (Fsp3) is 0.324. The van der Waals surface area contributed by atoms with Gasteiger partial charge in [0.1, 0.15) is 5.75 Å². The standard InChI is InChI=1S/C34H41N7O4/c1-24-10-9-11-25(2)30(24)36-31(42)29-32(44-28-12-7-6-8-13-28)37-34(38-33(29)45-43-5)35-26-14-16-27(17-15-26)41-22-20-40(21-23-41)19-18-39(3)4/h6-17H,18-23H2,1-5H3,(H,36,42)(H,35,37,38). The van der Waals surface area contributed by atoms with Crippen molar-refractivity contribution in [3.63, 3.8) is 0 Å². The van der Waals surface area contributed by atoms with Crippen molar-refractivity contribution in [1.82, 2.24) is 19.8 Å². The number of rotatable bonds is 12. The molecule has 4 aromatic rings. The highest BCUT2D eigenvalue weighted by atomic mass is 17.2. The maximum absolute atomic E-state index is 13.7. The van der Waals surface area contributed by atoms with Crippen LogP contribution in [0.15, 0.2) is 72.8 Å². The van der Waals surface area contributed by atoms with Gasteiger partial charge in [-0.1, -0.05) is 36.4 Å². The number of aryl methyl sites for hydroxylation is 2. The summed E-state index contributed by atoms with van der Waals surface area (Å²) in [4.78, 5) is 40.3. The molecular weight excluding hydrogens is 570 g/mol. The summed E-state index contributed by atoms with van der Waals surface area (Å²) in [5.74, 6) is 0.103. The number of hydrogen-bond donors (Lipinski definition) is 2. The number of amides is 1. The third-order valence-corrected chi connectivity index (χ3v) is 7.63. The number of nitrogens with one attached hydrogen (secondary N) is 2. The molecule has 1 saturated heterocycles. The SMILES string of the molecule is COOc1nc(Nc2ccc(N3CCN(CCN(C)C)CC3)cc2)nc(Oc2ccccc2)c1C(=O)Nc1c(C)cccc1C. The van der Waals surface area contributed by atoms with E-state index in [2.05, 4.69) is 61.5 Å². The van der Waals surface area contributed by atoms with Gasteiger partial charge in [-0.25, -0.2) is 0 Å². The number of aromatic nitrogens is 2. The second-order valence-electron chi connectivity index (χ2n) is 11.2. The van der Waals surface area contributed by atoms with E-state index in [-0.39, 0.29) is 23.3 Å². The Bertz CT molecular complexity index is 1550. The van der Waals surface area contributed by atoms with Crippen molar-refractivity contribution in [2.24, 2.45) is 0 Å². The molecule has 2 N–H and O–H groups in total. The van der Waals surface area contributed by atoms with E-state index < -0.39 is 5.91 Å². The highest BCUT2D eigenvalue weighted by Gasteiger charge is 2.27. The minimum Gasteiger partial charge on any atom is -0.438 e. The van der Waals surface area contributed by atoms with Gasteiger partial charge in [-0.3, -0.25) is 9.69 Å². The largest absolute Gasteiger partial charge is 0.438 e. The molecule has 0 unspecified atom stereocenters. The molecule has 0 bridgehead atoms. The molecule has 5 rings (SSSR count). The fourth-order valence-electron chi connectivity index (χ4n) is 5.13. The molecule has 11 heteroatoms. The summed E-state index contributed by atoms with van der Waals surface area (Å²) in [6.07, 6.45) is 0. The van der Waals surface area contributed by atoms with Crippen LogP contribution in [0.5, 0.6) is 17.5 Å². The molecule has 0 aliphatic carbocycles. The van der Waals surface area contributed by atoms with Crippen molar-refractivity contribution in [3.05, 3.63) is 89.5 Å². The molecule has 236 valence electrons. The van der Waals surface area contributed by atoms with E-state index in [0.717, 1.165) is 61.8 Å². The molecule has 1 aromatic heterocycles. The molecule has 1 fully saturated rings. The number of para-hydroxylation sites is 2. The molecule has 1 amide bonds. The summed E-state index contributed by atoms with van der Waals surface area (Å²) in [7, 11) is 5.57. The van der Waals surface area contributed by atoms with E-state index in [9.17, 15) is 4.79 Å². The molecule has 0 radical (unpaired) electrons. The zero-order chi connectivity index (χ0) is 31.8. The smallest absolute Gasteiger partial charge is 0.277 e. The lowest BCUT2D eigenvalue weighted by Gasteiger charge is -2.36. The van der Waals surface area contributed by atoms with Gasteiger partial charge in [-0.15, -0.1) is 0 Å². The Labute approximate surface area is 264 Å². The number of nitrogens with zero attached hydrogens (tertiary/aromatic N) is 5. The van der Waals surface area contributed by atoms with E-state index >= 15 is 0 Å². The van der Waals surface area contributed by atoms with Gasteiger partial charge in [0.2, 0.25) is 11.8 Å². The number of ether oxygens (including phenoxy) is 1. The molecule has 0 atom stereocenters. The molecule has 3 aromatic carbocycles. The van der Waals surface area contributed by atoms with Crippen LogP contribution in [0.1, 0.15) is 21.5 Å². The van der Waals surface area contributed by atoms with Gasteiger partial charge in [-0.05, 0) is 75.5 Å². The first-order chi connectivity index (χ1) is 21.8. The van der Waals surface area contributed by atoms with Gasteiger partial charge in [0, 0.05) is 56.3 Å². The Morgan fingerprint density at radius 2 is 1.53 bits per heavy atom. The number of carbonyl (C=O) groups is 1. The van der Waals surface area contributed by atoms with E-state index in [0.29, 0.717) is 11.4 Å². The lowest BCUT2D eigenvalue weighted by molar-refractivity contribution is -0.181. The normalized spacial score (nSPS) is 13.5. The third kappa shape index (κ3) is 8.27. The quantitative estimate of drug-likeness (QED) is 0.158. The molecule has 45 heavy (non-hydrogen) atoms. The Hall–Kier alpha value is -4.71. The topological polar surface area (TPSA) is 104 Å². The predicted molar refractivity (Wildman–Crippen MR) is 177 cm³/mol. The fourth-order valence-corrected chi connectivity index (χ4v) is 5.13. The first-order valence-electron chi connectivity index (χ1n) is 15.0. The maximum atomic E-state index is 13.7. The van der Waals surface area contributed by atoms with Crippen molar-refractivity contribution in [3.8, 4) is 17.5 Å². The van der Waals surface area contributed by atoms with Crippen LogP contribution in [0.2, 0.25) is 0 Å². The lowest BCUT2D eigenvalue weighted by Crippen LogP contribution is -2.48. The zero-order valence-corrected chi connectivity index (χ0v) is 26.5. The van der Waals surface area contributed by atoms with Crippen molar-refractivity contribution in [2.75, 3.05) is 76.0 Å². The summed E-state index contributed by atoms with van der Waals surface area (Å²) in [5, 5.41) is 6.20. The highest BCUT2D eigenvalue weighted by molar-refractivity contribution is 6.08. The average molecular weight is 612 g/mol. The van der Waals surface area contributed by atoms with Gasteiger partial charge in [-0.2, -0.15) is 14.9 Å². The molecule has 11 nitrogen and oxygen atoms in total. The van der Waals surface area contributed by atoms with Crippen LogP contribution in [-0.2, 0) is 4.89 Å². The average Bonchev–Trinajstić information content (AvgIpc) is 3.03. The van der Waals surface area contributed by atoms with Crippen molar-refractivity contribution in [2.45, 2.75) is 13.8 Å². The number of carbonyl (C=O) groups excluding carboxylic acids is 1. The number of piperazine rings is 1. The molecule has 2 heterocycles. The second-order valence-corrected chi connectivity index (χ2v) is 11.2. The first-order valence-corrected chi connectivity index (χ1v) is 15.0. The van der Waals surface area contributed by atoms with Crippen LogP contribution in [0.4, 0.5) is 23.0 Å². The summed E-state index contributed by atoms with van der Waals surface area (Å²) >= 11 is 0. The zero-order valence-electron chi connectivity index (χ0n) is 26.5. The van der Waals surface area contributed by atoms with Crippen LogP contribution >= 0.6 is 0 Å². The van der Waals surface area contributed by atoms with E-state index in [1.165, 1.54) is 7.11 Å². The minimum absolute atomic E-state index is 0.00558. The molecule has 1 aliphatic rings. The van der Waals surface area contributed by atoms with Crippen LogP contribution in [0.25, 0.3) is 0 Å². The van der Waals surface area contributed by atoms with Crippen LogP contribution < -0.4 is 25.2 Å². The Balaban J connectivity index is 1.38. The molecule has 0 spiro atoms. The summed E-state index contributed by atoms with van der Waals surface area (Å²) in [6, 6.07) is 23.0. The Kier molecular flexibility index (Phi) is 10.5. The number of anilines is 4. The molecule has 0 saturated carbocycles. The number of likely N-dealkylation sites (N-methyl/N-ethyl adjacent to an activating group) is 1. The van der Waals surface area contributed by atoms with Gasteiger partial charge < -0.3 is 30.1 Å². The maximum Gasteiger partial charge on any atom is 0.277 e. The monoisotopic (exact) mass is 611 g/mol. The Morgan fingerprint density at radius 3 is 2.18 bits per heavy atom. The van der Waals surface area contributed by atoms with E-state index in [1.807, 2.05) is 62.4 Å². The highest BCUT2D eigenvalue weighted by Crippen LogP contribution is 2.33. The molecular formula is C34H41N7O4. The minimum atomic E-state index is -0.497. The van der Waals surface area contributed by atoms with E-state index in [1.54, 1.807) is 12.1 Å². The lowest BCUT2D eigenvalue weighted by atomic mass is 10.1. The van der Waals surface area contributed by atoms with Gasteiger partial charge >= 0.3 is 0 Å². The van der Waals surface area contributed by atoms with Crippen molar-refractivity contribution in [1.29, 1.82) is 0 Å². The first kappa shape index (κ1) is 31.7. The summed E-state index contributed by atoms with van der Waals surface area (Å²) < 4.78 is 6.13. The van der Waals surface area contributed by atoms with Crippen LogP contribution in [-0.4, -0.2) is 86.1 Å². The van der Waals surface area contributed by atoms with Crippen molar-refractivity contribution >= 4 is 28.9 Å². The van der Waals surface area contributed by atoms with Crippen LogP contribution in [0, 0.1) is 13.8 Å². The van der Waals surface area contributed by atoms with Gasteiger partial charge in [0.25, 0.3) is 11.8 Å². The Morgan fingerprint density at radius 1 is 0.867 bits per heavy atom.